The molecule has 47 heavy (non-hydrogen) atoms. The van der Waals surface area contributed by atoms with Crippen LogP contribution in [0.3, 0.4) is 0 Å². The van der Waals surface area contributed by atoms with E-state index in [0.717, 1.165) is 50.4 Å². The third-order valence-corrected chi connectivity index (χ3v) is 10.4. The standard InChI is InChI=1S/C35H27FN6O4S/c36-20-10-7-18(8-11-20)9-12-22-27(33-40-41-35(44)46-33)28(29-30(38-22)24-5-3-15-42(24)34(29)43)26-16-19-13-14-37-32(31(19)47-26)39-23-17-45-25-6-2-1-4-21(23)25/h1-2,4,6-8,10-11,13-14,16,23-24H,3,5,9,12,15,17H2,(H,37,39)(H,41,44)/t23-,24+/m1/s1. The molecule has 4 aromatic heterocycles. The zero-order chi connectivity index (χ0) is 31.6. The number of aromatic amines is 1. The smallest absolute Gasteiger partial charge is 0.434 e. The summed E-state index contributed by atoms with van der Waals surface area (Å²) >= 11 is 1.51. The molecule has 0 aliphatic carbocycles. The highest BCUT2D eigenvalue weighted by molar-refractivity contribution is 7.23. The van der Waals surface area contributed by atoms with Crippen LogP contribution in [0, 0.1) is 5.82 Å². The van der Waals surface area contributed by atoms with E-state index in [4.69, 9.17) is 19.1 Å². The molecule has 3 aliphatic rings. The van der Waals surface area contributed by atoms with Gasteiger partial charge in [-0.1, -0.05) is 30.3 Å². The van der Waals surface area contributed by atoms with Gasteiger partial charge in [0.1, 0.15) is 24.0 Å². The van der Waals surface area contributed by atoms with Crippen molar-refractivity contribution in [1.29, 1.82) is 0 Å². The van der Waals surface area contributed by atoms with Gasteiger partial charge in [0.15, 0.2) is 0 Å². The lowest BCUT2D eigenvalue weighted by Gasteiger charge is -2.16. The fourth-order valence-corrected chi connectivity index (χ4v) is 8.26. The summed E-state index contributed by atoms with van der Waals surface area (Å²) < 4.78 is 26.1. The average molecular weight is 647 g/mol. The number of halogens is 1. The van der Waals surface area contributed by atoms with Crippen LogP contribution in [0.5, 0.6) is 5.75 Å². The van der Waals surface area contributed by atoms with Crippen molar-refractivity contribution in [2.45, 2.75) is 37.8 Å². The summed E-state index contributed by atoms with van der Waals surface area (Å²) in [7, 11) is 0. The topological polar surface area (TPSA) is 126 Å². The maximum atomic E-state index is 14.1. The molecule has 0 spiro atoms. The summed E-state index contributed by atoms with van der Waals surface area (Å²) in [6.45, 7) is 1.14. The number of nitrogens with zero attached hydrogens (tertiary/aromatic N) is 4. The number of ether oxygens (including phenoxy) is 1. The molecule has 3 aliphatic heterocycles. The minimum Gasteiger partial charge on any atom is -0.491 e. The van der Waals surface area contributed by atoms with Crippen LogP contribution in [-0.4, -0.2) is 44.1 Å². The van der Waals surface area contributed by atoms with Crippen LogP contribution in [0.4, 0.5) is 10.2 Å². The highest BCUT2D eigenvalue weighted by atomic mass is 32.1. The molecular formula is C35H27FN6O4S. The lowest BCUT2D eigenvalue weighted by molar-refractivity contribution is 0.0776. The van der Waals surface area contributed by atoms with Crippen LogP contribution in [-0.2, 0) is 12.8 Å². The predicted molar refractivity (Wildman–Crippen MR) is 174 cm³/mol. The van der Waals surface area contributed by atoms with E-state index in [0.29, 0.717) is 54.2 Å². The lowest BCUT2D eigenvalue weighted by Crippen LogP contribution is -2.22. The van der Waals surface area contributed by atoms with Crippen molar-refractivity contribution in [2.24, 2.45) is 0 Å². The summed E-state index contributed by atoms with van der Waals surface area (Å²) in [6, 6.07) is 18.2. The van der Waals surface area contributed by atoms with E-state index in [-0.39, 0.29) is 29.7 Å². The number of fused-ring (bicyclic) bond motifs is 5. The van der Waals surface area contributed by atoms with Gasteiger partial charge in [0.2, 0.25) is 0 Å². The first-order valence-electron chi connectivity index (χ1n) is 15.6. The Morgan fingerprint density at radius 3 is 2.77 bits per heavy atom. The Labute approximate surface area is 271 Å². The van der Waals surface area contributed by atoms with Gasteiger partial charge in [-0.15, -0.1) is 16.4 Å². The number of nitrogens with one attached hydrogen (secondary N) is 2. The number of carbonyl (C=O) groups excluding carboxylic acids is 1. The van der Waals surface area contributed by atoms with Gasteiger partial charge in [0.05, 0.1) is 39.3 Å². The number of aromatic nitrogens is 4. The first-order valence-corrected chi connectivity index (χ1v) is 16.4. The summed E-state index contributed by atoms with van der Waals surface area (Å²) in [5.41, 5.74) is 5.09. The molecule has 2 N–H and O–H groups in total. The Balaban J connectivity index is 1.22. The van der Waals surface area contributed by atoms with Crippen molar-refractivity contribution in [3.63, 3.8) is 0 Å². The lowest BCUT2D eigenvalue weighted by atomic mass is 9.93. The number of pyridine rings is 2. The summed E-state index contributed by atoms with van der Waals surface area (Å²) in [4.78, 5) is 38.9. The fraction of sp³-hybridized carbons (Fsp3) is 0.229. The van der Waals surface area contributed by atoms with E-state index in [1.807, 2.05) is 29.2 Å². The molecular weight excluding hydrogens is 619 g/mol. The van der Waals surface area contributed by atoms with E-state index < -0.39 is 5.76 Å². The van der Waals surface area contributed by atoms with Crippen LogP contribution in [0.25, 0.3) is 32.0 Å². The number of hydrogen-bond donors (Lipinski definition) is 2. The van der Waals surface area contributed by atoms with Crippen molar-refractivity contribution in [1.82, 2.24) is 25.1 Å². The number of H-pyrrole nitrogens is 1. The van der Waals surface area contributed by atoms with Gasteiger partial charge in [0, 0.05) is 28.7 Å². The van der Waals surface area contributed by atoms with Crippen molar-refractivity contribution >= 4 is 33.1 Å². The number of hydrogen-bond acceptors (Lipinski definition) is 9. The van der Waals surface area contributed by atoms with Gasteiger partial charge >= 0.3 is 5.76 Å². The van der Waals surface area contributed by atoms with Crippen molar-refractivity contribution < 1.29 is 18.3 Å². The van der Waals surface area contributed by atoms with Crippen LogP contribution in [0.1, 0.15) is 57.8 Å². The third kappa shape index (κ3) is 4.62. The maximum absolute atomic E-state index is 14.1. The number of aryl methyl sites for hydroxylation is 2. The van der Waals surface area contributed by atoms with E-state index >= 15 is 0 Å². The first kappa shape index (κ1) is 27.9. The van der Waals surface area contributed by atoms with Gasteiger partial charge < -0.3 is 19.4 Å². The number of anilines is 1. The molecule has 12 heteroatoms. The Hall–Kier alpha value is -5.36. The van der Waals surface area contributed by atoms with Crippen molar-refractivity contribution in [2.75, 3.05) is 18.5 Å². The molecule has 9 rings (SSSR count). The number of amides is 1. The van der Waals surface area contributed by atoms with Crippen LogP contribution < -0.4 is 15.8 Å². The molecule has 1 fully saturated rings. The molecule has 0 bridgehead atoms. The molecule has 7 heterocycles. The molecule has 2 atom stereocenters. The average Bonchev–Trinajstić information content (AvgIpc) is 3.92. The number of benzene rings is 2. The van der Waals surface area contributed by atoms with E-state index in [1.54, 1.807) is 18.3 Å². The number of thiophene rings is 1. The monoisotopic (exact) mass is 646 g/mol. The number of carbonyl (C=O) groups is 1. The maximum Gasteiger partial charge on any atom is 0.434 e. The van der Waals surface area contributed by atoms with Gasteiger partial charge in [-0.3, -0.25) is 9.78 Å². The van der Waals surface area contributed by atoms with Crippen LogP contribution in [0.15, 0.2) is 76.1 Å². The van der Waals surface area contributed by atoms with Crippen LogP contribution in [0.2, 0.25) is 0 Å². The van der Waals surface area contributed by atoms with E-state index in [9.17, 15) is 14.0 Å². The Kier molecular flexibility index (Phi) is 6.46. The van der Waals surface area contributed by atoms with E-state index in [2.05, 4.69) is 27.6 Å². The van der Waals surface area contributed by atoms with Gasteiger partial charge in [-0.25, -0.2) is 19.3 Å². The SMILES string of the molecule is O=C1c2c(nc(CCc3ccc(F)cc3)c(-c3n[nH]c(=O)o3)c2-c2cc3ccnc(N[C@@H]4COc5ccccc54)c3s2)[C@@H]2CCCN12. The number of para-hydroxylation sites is 1. The zero-order valence-corrected chi connectivity index (χ0v) is 25.8. The quantitative estimate of drug-likeness (QED) is 0.202. The Morgan fingerprint density at radius 1 is 1.04 bits per heavy atom. The predicted octanol–water partition coefficient (Wildman–Crippen LogP) is 6.46. The normalized spacial score (nSPS) is 18.0. The third-order valence-electron chi connectivity index (χ3n) is 9.25. The summed E-state index contributed by atoms with van der Waals surface area (Å²) in [5.74, 6) is 0.558. The molecule has 0 radical (unpaired) electrons. The first-order chi connectivity index (χ1) is 23.0. The second-order valence-corrected chi connectivity index (χ2v) is 13.1. The second-order valence-electron chi connectivity index (χ2n) is 12.0. The largest absolute Gasteiger partial charge is 0.491 e. The van der Waals surface area contributed by atoms with Crippen LogP contribution >= 0.6 is 11.3 Å². The van der Waals surface area contributed by atoms with Crippen molar-refractivity contribution in [3.05, 3.63) is 111 Å². The van der Waals surface area contributed by atoms with Gasteiger partial charge in [-0.05, 0) is 67.0 Å². The van der Waals surface area contributed by atoms with E-state index in [1.165, 1.54) is 23.5 Å². The van der Waals surface area contributed by atoms with Gasteiger partial charge in [-0.2, -0.15) is 0 Å². The molecule has 1 amide bonds. The molecule has 0 saturated carbocycles. The second kappa shape index (κ2) is 10.9. The van der Waals surface area contributed by atoms with Crippen molar-refractivity contribution in [3.8, 4) is 27.6 Å². The Morgan fingerprint density at radius 2 is 1.91 bits per heavy atom. The molecule has 1 saturated heterocycles. The molecule has 10 nitrogen and oxygen atoms in total. The fourth-order valence-electron chi connectivity index (χ4n) is 7.10. The zero-order valence-electron chi connectivity index (χ0n) is 25.0. The van der Waals surface area contributed by atoms with Gasteiger partial charge in [0.25, 0.3) is 11.8 Å². The minimum absolute atomic E-state index is 0.0688. The highest BCUT2D eigenvalue weighted by Crippen LogP contribution is 2.50. The highest BCUT2D eigenvalue weighted by Gasteiger charge is 2.45. The molecule has 2 aromatic carbocycles. The Bertz CT molecular complexity index is 2260. The molecule has 234 valence electrons. The summed E-state index contributed by atoms with van der Waals surface area (Å²) in [6.07, 6.45) is 4.52. The minimum atomic E-state index is -0.700. The summed E-state index contributed by atoms with van der Waals surface area (Å²) in [5, 5.41) is 11.2. The molecule has 6 aromatic rings. The molecule has 0 unspecified atom stereocenters. The number of rotatable bonds is 7.